The Balaban J connectivity index is 1.81. The number of hydrogen-bond donors (Lipinski definition) is 2. The van der Waals surface area contributed by atoms with Crippen LogP contribution in [-0.2, 0) is 4.79 Å². The summed E-state index contributed by atoms with van der Waals surface area (Å²) in [5.41, 5.74) is -0.579. The SMILES string of the molecule is O=C(NC1(C(=O)O)CCCCCC1)c1cn(-c2ccccc2Cl)nn1. The molecule has 25 heavy (non-hydrogen) atoms. The van der Waals surface area contributed by atoms with Gasteiger partial charge in [-0.25, -0.2) is 9.48 Å². The van der Waals surface area contributed by atoms with Crippen molar-refractivity contribution in [1.29, 1.82) is 0 Å². The van der Waals surface area contributed by atoms with Gasteiger partial charge in [0.2, 0.25) is 0 Å². The number of benzene rings is 1. The second-order valence-corrected chi connectivity index (χ2v) is 6.66. The summed E-state index contributed by atoms with van der Waals surface area (Å²) in [6.45, 7) is 0. The highest BCUT2D eigenvalue weighted by atomic mass is 35.5. The number of para-hydroxylation sites is 1. The summed E-state index contributed by atoms with van der Waals surface area (Å²) in [7, 11) is 0. The summed E-state index contributed by atoms with van der Waals surface area (Å²) in [4.78, 5) is 24.3. The molecule has 1 aliphatic rings. The van der Waals surface area contributed by atoms with E-state index in [1.807, 2.05) is 0 Å². The van der Waals surface area contributed by atoms with Crippen LogP contribution in [0.25, 0.3) is 5.69 Å². The Morgan fingerprint density at radius 2 is 1.84 bits per heavy atom. The van der Waals surface area contributed by atoms with Crippen molar-refractivity contribution >= 4 is 23.5 Å². The van der Waals surface area contributed by atoms with Gasteiger partial charge in [0.05, 0.1) is 16.9 Å². The number of amides is 1. The monoisotopic (exact) mass is 362 g/mol. The van der Waals surface area contributed by atoms with E-state index in [0.717, 1.165) is 25.7 Å². The summed E-state index contributed by atoms with van der Waals surface area (Å²) in [6.07, 6.45) is 5.81. The predicted octanol–water partition coefficient (Wildman–Crippen LogP) is 2.83. The highest BCUT2D eigenvalue weighted by molar-refractivity contribution is 6.32. The standard InChI is InChI=1S/C17H19ClN4O3/c18-12-7-3-4-8-14(12)22-11-13(20-21-22)15(23)19-17(16(24)25)9-5-1-2-6-10-17/h3-4,7-8,11H,1-2,5-6,9-10H2,(H,19,23)(H,24,25). The molecule has 0 unspecified atom stereocenters. The molecule has 2 N–H and O–H groups in total. The molecular formula is C17H19ClN4O3. The van der Waals surface area contributed by atoms with Crippen molar-refractivity contribution in [2.45, 2.75) is 44.1 Å². The lowest BCUT2D eigenvalue weighted by molar-refractivity contribution is -0.145. The maximum atomic E-state index is 12.5. The number of hydrogen-bond acceptors (Lipinski definition) is 4. The van der Waals surface area contributed by atoms with Gasteiger partial charge in [0.25, 0.3) is 5.91 Å². The molecule has 1 aliphatic carbocycles. The first-order valence-corrected chi connectivity index (χ1v) is 8.63. The molecule has 0 saturated heterocycles. The minimum absolute atomic E-state index is 0.0600. The van der Waals surface area contributed by atoms with Crippen LogP contribution >= 0.6 is 11.6 Å². The van der Waals surface area contributed by atoms with Gasteiger partial charge in [-0.05, 0) is 25.0 Å². The molecule has 1 saturated carbocycles. The largest absolute Gasteiger partial charge is 0.480 e. The van der Waals surface area contributed by atoms with Gasteiger partial charge >= 0.3 is 5.97 Å². The average Bonchev–Trinajstić information content (AvgIpc) is 2.95. The third-order valence-corrected chi connectivity index (χ3v) is 4.86. The number of carbonyl (C=O) groups excluding carboxylic acids is 1. The highest BCUT2D eigenvalue weighted by Gasteiger charge is 2.40. The third-order valence-electron chi connectivity index (χ3n) is 4.54. The lowest BCUT2D eigenvalue weighted by atomic mass is 9.90. The minimum atomic E-state index is -1.23. The van der Waals surface area contributed by atoms with E-state index in [2.05, 4.69) is 15.6 Å². The molecule has 0 aliphatic heterocycles. The van der Waals surface area contributed by atoms with Gasteiger partial charge < -0.3 is 10.4 Å². The Labute approximate surface area is 150 Å². The van der Waals surface area contributed by atoms with E-state index in [0.29, 0.717) is 23.6 Å². The lowest BCUT2D eigenvalue weighted by Crippen LogP contribution is -2.54. The second-order valence-electron chi connectivity index (χ2n) is 6.26. The number of carbonyl (C=O) groups is 2. The van der Waals surface area contributed by atoms with Crippen LogP contribution in [0, 0.1) is 0 Å². The maximum Gasteiger partial charge on any atom is 0.329 e. The number of carboxylic acid groups (broad SMARTS) is 1. The van der Waals surface area contributed by atoms with Gasteiger partial charge in [0, 0.05) is 0 Å². The zero-order valence-corrected chi connectivity index (χ0v) is 14.4. The fourth-order valence-electron chi connectivity index (χ4n) is 3.13. The molecule has 0 bridgehead atoms. The van der Waals surface area contributed by atoms with Crippen molar-refractivity contribution in [3.05, 3.63) is 41.2 Å². The molecule has 1 heterocycles. The molecule has 0 radical (unpaired) electrons. The molecule has 1 aromatic heterocycles. The summed E-state index contributed by atoms with van der Waals surface area (Å²) in [5, 5.41) is 20.6. The van der Waals surface area contributed by atoms with E-state index in [1.165, 1.54) is 10.9 Å². The first-order valence-electron chi connectivity index (χ1n) is 8.25. The first kappa shape index (κ1) is 17.4. The van der Waals surface area contributed by atoms with Crippen molar-refractivity contribution < 1.29 is 14.7 Å². The molecule has 1 aromatic carbocycles. The van der Waals surface area contributed by atoms with Crippen LogP contribution in [0.1, 0.15) is 49.0 Å². The average molecular weight is 363 g/mol. The Hall–Kier alpha value is -2.41. The molecule has 1 fully saturated rings. The molecule has 0 spiro atoms. The smallest absolute Gasteiger partial charge is 0.329 e. The predicted molar refractivity (Wildman–Crippen MR) is 91.9 cm³/mol. The van der Waals surface area contributed by atoms with Gasteiger partial charge in [-0.2, -0.15) is 0 Å². The number of halogens is 1. The lowest BCUT2D eigenvalue weighted by Gasteiger charge is -2.28. The molecule has 132 valence electrons. The Bertz CT molecular complexity index is 782. The van der Waals surface area contributed by atoms with Crippen LogP contribution in [0.5, 0.6) is 0 Å². The number of aliphatic carboxylic acids is 1. The van der Waals surface area contributed by atoms with E-state index in [9.17, 15) is 14.7 Å². The van der Waals surface area contributed by atoms with E-state index >= 15 is 0 Å². The number of nitrogens with one attached hydrogen (secondary N) is 1. The Morgan fingerprint density at radius 3 is 2.48 bits per heavy atom. The van der Waals surface area contributed by atoms with Crippen LogP contribution in [0.4, 0.5) is 0 Å². The molecule has 0 atom stereocenters. The fourth-order valence-corrected chi connectivity index (χ4v) is 3.35. The van der Waals surface area contributed by atoms with Crippen molar-refractivity contribution in [1.82, 2.24) is 20.3 Å². The number of nitrogens with zero attached hydrogens (tertiary/aromatic N) is 3. The van der Waals surface area contributed by atoms with Gasteiger partial charge in [-0.1, -0.05) is 54.6 Å². The molecular weight excluding hydrogens is 344 g/mol. The fraction of sp³-hybridized carbons (Fsp3) is 0.412. The topological polar surface area (TPSA) is 97.1 Å². The van der Waals surface area contributed by atoms with Gasteiger partial charge in [0.1, 0.15) is 5.54 Å². The van der Waals surface area contributed by atoms with Crippen LogP contribution in [0.3, 0.4) is 0 Å². The van der Waals surface area contributed by atoms with Crippen LogP contribution in [-0.4, -0.2) is 37.5 Å². The van der Waals surface area contributed by atoms with E-state index in [-0.39, 0.29) is 5.69 Å². The van der Waals surface area contributed by atoms with E-state index in [4.69, 9.17) is 11.6 Å². The van der Waals surface area contributed by atoms with Crippen LogP contribution < -0.4 is 5.32 Å². The van der Waals surface area contributed by atoms with Crippen molar-refractivity contribution in [3.8, 4) is 5.69 Å². The van der Waals surface area contributed by atoms with Gasteiger partial charge in [-0.15, -0.1) is 5.10 Å². The second kappa shape index (κ2) is 7.23. The molecule has 8 heteroatoms. The van der Waals surface area contributed by atoms with Crippen LogP contribution in [0.15, 0.2) is 30.5 Å². The van der Waals surface area contributed by atoms with Crippen molar-refractivity contribution in [2.75, 3.05) is 0 Å². The van der Waals surface area contributed by atoms with E-state index < -0.39 is 17.4 Å². The molecule has 2 aromatic rings. The van der Waals surface area contributed by atoms with E-state index in [1.54, 1.807) is 24.3 Å². The van der Waals surface area contributed by atoms with Gasteiger partial charge in [0.15, 0.2) is 5.69 Å². The summed E-state index contributed by atoms with van der Waals surface area (Å²) in [5.74, 6) is -1.54. The quantitative estimate of drug-likeness (QED) is 0.815. The zero-order valence-electron chi connectivity index (χ0n) is 13.6. The highest BCUT2D eigenvalue weighted by Crippen LogP contribution is 2.28. The molecule has 3 rings (SSSR count). The normalized spacial score (nSPS) is 16.8. The third kappa shape index (κ3) is 3.66. The summed E-state index contributed by atoms with van der Waals surface area (Å²) < 4.78 is 1.40. The summed E-state index contributed by atoms with van der Waals surface area (Å²) >= 11 is 6.12. The maximum absolute atomic E-state index is 12.5. The molecule has 7 nitrogen and oxygen atoms in total. The number of carboxylic acids is 1. The van der Waals surface area contributed by atoms with Crippen molar-refractivity contribution in [2.24, 2.45) is 0 Å². The Kier molecular flexibility index (Phi) is 5.03. The first-order chi connectivity index (χ1) is 12.0. The van der Waals surface area contributed by atoms with Gasteiger partial charge in [-0.3, -0.25) is 4.79 Å². The minimum Gasteiger partial charge on any atom is -0.480 e. The van der Waals surface area contributed by atoms with Crippen molar-refractivity contribution in [3.63, 3.8) is 0 Å². The molecule has 1 amide bonds. The zero-order chi connectivity index (χ0) is 17.9. The number of aromatic nitrogens is 3. The number of rotatable bonds is 4. The summed E-state index contributed by atoms with van der Waals surface area (Å²) in [6, 6.07) is 7.05. The Morgan fingerprint density at radius 1 is 1.16 bits per heavy atom. The van der Waals surface area contributed by atoms with Crippen LogP contribution in [0.2, 0.25) is 5.02 Å².